The molecule has 1 aliphatic rings. The van der Waals surface area contributed by atoms with E-state index in [0.29, 0.717) is 5.65 Å². The van der Waals surface area contributed by atoms with Crippen LogP contribution in [0.25, 0.3) is 11.2 Å². The molecule has 0 amide bonds. The number of hydrogen-bond donors (Lipinski definition) is 2. The highest BCUT2D eigenvalue weighted by molar-refractivity contribution is 5.70. The molecule has 3 aromatic rings. The minimum absolute atomic E-state index is 0.0879. The third-order valence-corrected chi connectivity index (χ3v) is 5.97. The molecule has 0 saturated heterocycles. The Morgan fingerprint density at radius 1 is 1.20 bits per heavy atom. The van der Waals surface area contributed by atoms with Crippen molar-refractivity contribution in [2.45, 2.75) is 38.0 Å². The molecule has 9 heteroatoms. The Hall–Kier alpha value is -3.20. The van der Waals surface area contributed by atoms with Gasteiger partial charge in [0.1, 0.15) is 6.23 Å². The van der Waals surface area contributed by atoms with E-state index in [1.807, 2.05) is 18.3 Å². The number of aliphatic hydroxyl groups excluding tert-OH is 1. The maximum absolute atomic E-state index is 12.5. The van der Waals surface area contributed by atoms with Gasteiger partial charge in [-0.15, -0.1) is 0 Å². The van der Waals surface area contributed by atoms with Crippen LogP contribution in [0.3, 0.4) is 0 Å². The van der Waals surface area contributed by atoms with Gasteiger partial charge in [-0.3, -0.25) is 18.9 Å². The predicted molar refractivity (Wildman–Crippen MR) is 116 cm³/mol. The maximum atomic E-state index is 12.5. The fourth-order valence-electron chi connectivity index (χ4n) is 3.96. The van der Waals surface area contributed by atoms with Gasteiger partial charge in [0.05, 0.1) is 12.9 Å². The van der Waals surface area contributed by atoms with E-state index in [2.05, 4.69) is 34.3 Å². The number of rotatable bonds is 5. The molecule has 0 spiro atoms. The van der Waals surface area contributed by atoms with Crippen molar-refractivity contribution < 1.29 is 5.11 Å². The lowest BCUT2D eigenvalue weighted by Gasteiger charge is -2.31. The van der Waals surface area contributed by atoms with Gasteiger partial charge in [0.15, 0.2) is 11.2 Å². The number of aryl methyl sites for hydroxylation is 1. The van der Waals surface area contributed by atoms with Gasteiger partial charge in [-0.1, -0.05) is 19.1 Å². The van der Waals surface area contributed by atoms with E-state index in [1.165, 1.54) is 23.5 Å². The summed E-state index contributed by atoms with van der Waals surface area (Å²) in [5, 5.41) is 13.6. The zero-order valence-electron chi connectivity index (χ0n) is 17.4. The van der Waals surface area contributed by atoms with Gasteiger partial charge in [0.25, 0.3) is 5.56 Å². The molecule has 0 radical (unpaired) electrons. The first-order valence-electron chi connectivity index (χ1n) is 9.94. The number of imidazole rings is 1. The monoisotopic (exact) mass is 410 g/mol. The molecule has 1 aliphatic heterocycles. The summed E-state index contributed by atoms with van der Waals surface area (Å²) in [5.74, 6) is 0. The van der Waals surface area contributed by atoms with Gasteiger partial charge >= 0.3 is 5.69 Å². The first-order chi connectivity index (χ1) is 14.3. The van der Waals surface area contributed by atoms with Crippen LogP contribution in [0.1, 0.15) is 25.3 Å². The Morgan fingerprint density at radius 2 is 1.93 bits per heavy atom. The number of nitrogens with zero attached hydrogens (tertiary/aromatic N) is 5. The summed E-state index contributed by atoms with van der Waals surface area (Å²) in [5.41, 5.74) is 1.82. The van der Waals surface area contributed by atoms with Crippen molar-refractivity contribution in [2.24, 2.45) is 19.1 Å². The van der Waals surface area contributed by atoms with E-state index in [9.17, 15) is 14.7 Å². The first-order valence-corrected chi connectivity index (χ1v) is 9.94. The molecule has 9 nitrogen and oxygen atoms in total. The molecule has 0 bridgehead atoms. The summed E-state index contributed by atoms with van der Waals surface area (Å²) in [6.45, 7) is 3.20. The third kappa shape index (κ3) is 3.45. The second-order valence-corrected chi connectivity index (χ2v) is 8.12. The Morgan fingerprint density at radius 3 is 2.60 bits per heavy atom. The fraction of sp³-hybridized carbons (Fsp3) is 0.429. The topological polar surface area (TPSA) is 106 Å². The summed E-state index contributed by atoms with van der Waals surface area (Å²) < 4.78 is 3.92. The molecule has 0 aliphatic carbocycles. The molecule has 2 aromatic heterocycles. The zero-order valence-corrected chi connectivity index (χ0v) is 17.4. The lowest BCUT2D eigenvalue weighted by atomic mass is 9.76. The van der Waals surface area contributed by atoms with Gasteiger partial charge < -0.3 is 15.0 Å². The van der Waals surface area contributed by atoms with Crippen LogP contribution in [0.5, 0.6) is 0 Å². The Bertz CT molecular complexity index is 1220. The van der Waals surface area contributed by atoms with Gasteiger partial charge in [-0.05, 0) is 42.2 Å². The summed E-state index contributed by atoms with van der Waals surface area (Å²) in [6, 6.07) is 8.05. The van der Waals surface area contributed by atoms with Crippen LogP contribution >= 0.6 is 0 Å². The summed E-state index contributed by atoms with van der Waals surface area (Å²) in [4.78, 5) is 33.1. The highest BCUT2D eigenvalue weighted by Crippen LogP contribution is 2.33. The van der Waals surface area contributed by atoms with E-state index < -0.39 is 17.5 Å². The molecule has 30 heavy (non-hydrogen) atoms. The second-order valence-electron chi connectivity index (χ2n) is 8.12. The molecule has 2 N–H and O–H groups in total. The van der Waals surface area contributed by atoms with Crippen LogP contribution in [-0.4, -0.2) is 42.8 Å². The third-order valence-electron chi connectivity index (χ3n) is 5.97. The van der Waals surface area contributed by atoms with Crippen molar-refractivity contribution in [1.82, 2.24) is 18.7 Å². The number of anilines is 1. The molecule has 0 saturated carbocycles. The zero-order chi connectivity index (χ0) is 21.5. The van der Waals surface area contributed by atoms with E-state index in [-0.39, 0.29) is 17.5 Å². The van der Waals surface area contributed by atoms with E-state index in [0.717, 1.165) is 29.6 Å². The van der Waals surface area contributed by atoms with E-state index >= 15 is 0 Å². The summed E-state index contributed by atoms with van der Waals surface area (Å²) in [6.07, 6.45) is 4.46. The first kappa shape index (κ1) is 20.1. The Balaban J connectivity index is 1.52. The molecular weight excluding hydrogens is 384 g/mol. The number of fused-ring (bicyclic) bond motifs is 1. The maximum Gasteiger partial charge on any atom is 0.332 e. The van der Waals surface area contributed by atoms with Crippen LogP contribution in [0.2, 0.25) is 0 Å². The van der Waals surface area contributed by atoms with E-state index in [4.69, 9.17) is 0 Å². The normalized spacial score (nSPS) is 19.9. The van der Waals surface area contributed by atoms with Crippen molar-refractivity contribution in [2.75, 3.05) is 11.9 Å². The number of hydrogen-bond acceptors (Lipinski definition) is 6. The van der Waals surface area contributed by atoms with Gasteiger partial charge in [-0.2, -0.15) is 0 Å². The number of nitrogens with one attached hydrogen (secondary N) is 1. The van der Waals surface area contributed by atoms with Crippen molar-refractivity contribution in [3.05, 3.63) is 57.0 Å². The lowest BCUT2D eigenvalue weighted by Crippen LogP contribution is -2.38. The van der Waals surface area contributed by atoms with Crippen molar-refractivity contribution in [1.29, 1.82) is 0 Å². The molecule has 0 fully saturated rings. The molecule has 3 heterocycles. The molecule has 4 rings (SSSR count). The average Bonchev–Trinajstić information content (AvgIpc) is 3.15. The predicted octanol–water partition coefficient (Wildman–Crippen LogP) is 0.986. The summed E-state index contributed by atoms with van der Waals surface area (Å²) >= 11 is 0. The Kier molecular flexibility index (Phi) is 5.07. The highest BCUT2D eigenvalue weighted by atomic mass is 16.3. The molecule has 2 unspecified atom stereocenters. The Labute approximate surface area is 173 Å². The van der Waals surface area contributed by atoms with Crippen LogP contribution in [0.4, 0.5) is 5.69 Å². The molecule has 158 valence electrons. The van der Waals surface area contributed by atoms with Crippen LogP contribution in [0.15, 0.2) is 45.2 Å². The minimum atomic E-state index is -0.937. The van der Waals surface area contributed by atoms with Crippen molar-refractivity contribution >= 4 is 23.1 Å². The number of aromatic nitrogens is 4. The van der Waals surface area contributed by atoms with Gasteiger partial charge in [-0.25, -0.2) is 9.78 Å². The van der Waals surface area contributed by atoms with Gasteiger partial charge in [0.2, 0.25) is 0 Å². The molecule has 1 aromatic carbocycles. The summed E-state index contributed by atoms with van der Waals surface area (Å²) in [7, 11) is 2.99. The second kappa shape index (κ2) is 7.56. The van der Waals surface area contributed by atoms with Crippen LogP contribution in [0, 0.1) is 0 Å². The molecule has 2 atom stereocenters. The standard InChI is InChI=1S/C21H26N6O3/c1-21(8-10-22-11-9-21)14-4-6-15(7-5-14)24-16(28)12-27-13-23-18-17(27)19(29)26(3)20(30)25(18)2/h4-7,10,13,16,24,28H,8-9,11-12H2,1-3H3. The number of benzene rings is 1. The average molecular weight is 410 g/mol. The quantitative estimate of drug-likeness (QED) is 0.610. The number of aliphatic hydroxyl groups is 1. The largest absolute Gasteiger partial charge is 0.372 e. The SMILES string of the molecule is Cn1c(=O)c2c(ncn2CC(O)Nc2ccc(C3(C)CC=NCC3)cc2)n(C)c1=O. The smallest absolute Gasteiger partial charge is 0.332 e. The minimum Gasteiger partial charge on any atom is -0.372 e. The fourth-order valence-corrected chi connectivity index (χ4v) is 3.96. The highest BCUT2D eigenvalue weighted by Gasteiger charge is 2.27. The number of aliphatic imine (C=N–C) groups is 1. The van der Waals surface area contributed by atoms with Crippen molar-refractivity contribution in [3.8, 4) is 0 Å². The van der Waals surface area contributed by atoms with Crippen LogP contribution in [-0.2, 0) is 26.1 Å². The van der Waals surface area contributed by atoms with Crippen molar-refractivity contribution in [3.63, 3.8) is 0 Å². The molecular formula is C21H26N6O3. The lowest BCUT2D eigenvalue weighted by molar-refractivity contribution is 0.183. The van der Waals surface area contributed by atoms with E-state index in [1.54, 1.807) is 11.6 Å². The van der Waals surface area contributed by atoms with Crippen LogP contribution < -0.4 is 16.6 Å². The van der Waals surface area contributed by atoms with Gasteiger partial charge in [0, 0.05) is 26.3 Å².